The molecule has 0 bridgehead atoms. The van der Waals surface area contributed by atoms with Crippen molar-refractivity contribution in [3.05, 3.63) is 11.8 Å². The number of halogens is 1. The Hall–Kier alpha value is -0.830. The van der Waals surface area contributed by atoms with Gasteiger partial charge in [0.2, 0.25) is 0 Å². The van der Waals surface area contributed by atoms with Crippen LogP contribution in [0.25, 0.3) is 0 Å². The lowest BCUT2D eigenvalue weighted by molar-refractivity contribution is 0.262. The van der Waals surface area contributed by atoms with Gasteiger partial charge in [-0.25, -0.2) is 4.99 Å². The third kappa shape index (κ3) is 3.18. The van der Waals surface area contributed by atoms with Crippen molar-refractivity contribution in [1.29, 1.82) is 0 Å². The Balaban J connectivity index is 2.64. The summed E-state index contributed by atoms with van der Waals surface area (Å²) in [5.74, 6) is 0.831. The van der Waals surface area contributed by atoms with Crippen LogP contribution >= 0.6 is 11.6 Å². The fourth-order valence-corrected chi connectivity index (χ4v) is 0.700. The first-order valence-electron chi connectivity index (χ1n) is 3.29. The molecule has 60 valence electrons. The highest BCUT2D eigenvalue weighted by Crippen LogP contribution is 1.99. The predicted molar refractivity (Wildman–Crippen MR) is 46.4 cm³/mol. The lowest BCUT2D eigenvalue weighted by Gasteiger charge is -2.01. The maximum Gasteiger partial charge on any atom is 0.145 e. The van der Waals surface area contributed by atoms with Gasteiger partial charge < -0.3 is 4.74 Å². The number of allylic oxidation sites excluding steroid dienone is 1. The lowest BCUT2D eigenvalue weighted by atomic mass is 10.5. The Morgan fingerprint density at radius 2 is 2.45 bits per heavy atom. The molecule has 4 heteroatoms. The minimum absolute atomic E-state index is 0.329. The molecular formula is C7H9ClN2O. The zero-order valence-electron chi connectivity index (χ0n) is 6.25. The molecule has 0 aromatic rings. The van der Waals surface area contributed by atoms with Crippen molar-refractivity contribution in [3.8, 4) is 0 Å². The molecule has 0 aliphatic carbocycles. The Labute approximate surface area is 70.4 Å². The van der Waals surface area contributed by atoms with Crippen LogP contribution < -0.4 is 0 Å². The number of aliphatic imine (C=N–C) groups is 2. The molecule has 0 N–H and O–H groups in total. The second-order valence-electron chi connectivity index (χ2n) is 2.09. The van der Waals surface area contributed by atoms with E-state index in [2.05, 4.69) is 9.98 Å². The van der Waals surface area contributed by atoms with Gasteiger partial charge in [0, 0.05) is 0 Å². The van der Waals surface area contributed by atoms with Crippen LogP contribution in [0.15, 0.2) is 21.8 Å². The highest BCUT2D eigenvalue weighted by molar-refractivity contribution is 6.66. The minimum Gasteiger partial charge on any atom is -0.491 e. The van der Waals surface area contributed by atoms with Crippen LogP contribution in [0.1, 0.15) is 6.92 Å². The molecule has 0 fully saturated rings. The van der Waals surface area contributed by atoms with E-state index in [0.717, 1.165) is 5.76 Å². The summed E-state index contributed by atoms with van der Waals surface area (Å²) >= 11 is 5.64. The van der Waals surface area contributed by atoms with Crippen molar-refractivity contribution in [2.45, 2.75) is 6.92 Å². The smallest absolute Gasteiger partial charge is 0.145 e. The summed E-state index contributed by atoms with van der Waals surface area (Å²) in [7, 11) is 0. The van der Waals surface area contributed by atoms with E-state index in [-0.39, 0.29) is 0 Å². The quantitative estimate of drug-likeness (QED) is 0.546. The van der Waals surface area contributed by atoms with Crippen molar-refractivity contribution < 1.29 is 4.74 Å². The van der Waals surface area contributed by atoms with Gasteiger partial charge in [0.25, 0.3) is 0 Å². The third-order valence-corrected chi connectivity index (χ3v) is 1.39. The van der Waals surface area contributed by atoms with Gasteiger partial charge in [0.05, 0.1) is 12.3 Å². The Morgan fingerprint density at radius 1 is 1.64 bits per heavy atom. The standard InChI is InChI=1S/C7H9ClN2O/c1-6-2-3-9-5-10-7(8)4-11-6/h2,5H,3-4H2,1H3/b6-2-,9-5-,10-7+. The van der Waals surface area contributed by atoms with Gasteiger partial charge in [-0.2, -0.15) is 0 Å². The fraction of sp³-hybridized carbons (Fsp3) is 0.429. The zero-order valence-corrected chi connectivity index (χ0v) is 7.01. The SMILES string of the molecule is C/C1=C/C/N=C\N=C(\Cl)CO1. The van der Waals surface area contributed by atoms with Gasteiger partial charge in [-0.15, -0.1) is 0 Å². The first-order valence-corrected chi connectivity index (χ1v) is 3.67. The van der Waals surface area contributed by atoms with Gasteiger partial charge in [0.15, 0.2) is 0 Å². The number of nitrogens with zero attached hydrogens (tertiary/aromatic N) is 2. The molecule has 1 aliphatic rings. The number of hydrogen-bond acceptors (Lipinski definition) is 3. The summed E-state index contributed by atoms with van der Waals surface area (Å²) in [5, 5.41) is 0.420. The molecule has 3 nitrogen and oxygen atoms in total. The fourth-order valence-electron chi connectivity index (χ4n) is 0.601. The summed E-state index contributed by atoms with van der Waals surface area (Å²) in [6.45, 7) is 2.79. The molecule has 0 aromatic heterocycles. The van der Waals surface area contributed by atoms with Crippen LogP contribution in [0.3, 0.4) is 0 Å². The van der Waals surface area contributed by atoms with E-state index >= 15 is 0 Å². The topological polar surface area (TPSA) is 34.0 Å². The van der Waals surface area contributed by atoms with E-state index in [0.29, 0.717) is 18.3 Å². The molecule has 1 aliphatic heterocycles. The maximum atomic E-state index is 5.64. The summed E-state index contributed by atoms with van der Waals surface area (Å²) in [6, 6.07) is 0. The molecule has 0 amide bonds. The minimum atomic E-state index is 0.329. The highest BCUT2D eigenvalue weighted by atomic mass is 35.5. The van der Waals surface area contributed by atoms with Crippen molar-refractivity contribution >= 4 is 23.1 Å². The van der Waals surface area contributed by atoms with Crippen LogP contribution in [0.4, 0.5) is 0 Å². The molecule has 0 spiro atoms. The molecule has 0 saturated carbocycles. The predicted octanol–water partition coefficient (Wildman–Crippen LogP) is 1.59. The van der Waals surface area contributed by atoms with Gasteiger partial charge in [0.1, 0.15) is 18.1 Å². The first kappa shape index (κ1) is 8.27. The van der Waals surface area contributed by atoms with Gasteiger partial charge in [-0.05, 0) is 13.0 Å². The van der Waals surface area contributed by atoms with Crippen molar-refractivity contribution in [3.63, 3.8) is 0 Å². The molecule has 0 radical (unpaired) electrons. The lowest BCUT2D eigenvalue weighted by Crippen LogP contribution is -2.00. The molecule has 1 heterocycles. The number of rotatable bonds is 0. The Bertz CT molecular complexity index is 220. The second kappa shape index (κ2) is 4.13. The summed E-state index contributed by atoms with van der Waals surface area (Å²) in [4.78, 5) is 7.75. The molecule has 1 rings (SSSR count). The molecule has 0 aromatic carbocycles. The average Bonchev–Trinajstić information content (AvgIpc) is 2.06. The molecule has 0 saturated heterocycles. The highest BCUT2D eigenvalue weighted by Gasteiger charge is 1.96. The number of hydrogen-bond donors (Lipinski definition) is 0. The van der Waals surface area contributed by atoms with E-state index in [9.17, 15) is 0 Å². The van der Waals surface area contributed by atoms with Crippen LogP contribution in [0.5, 0.6) is 0 Å². The monoisotopic (exact) mass is 172 g/mol. The average molecular weight is 173 g/mol. The van der Waals surface area contributed by atoms with E-state index in [1.54, 1.807) is 0 Å². The normalized spacial score (nSPS) is 31.1. The van der Waals surface area contributed by atoms with Crippen molar-refractivity contribution in [1.82, 2.24) is 0 Å². The van der Waals surface area contributed by atoms with E-state index < -0.39 is 0 Å². The van der Waals surface area contributed by atoms with Gasteiger partial charge in [-0.1, -0.05) is 11.6 Å². The van der Waals surface area contributed by atoms with Crippen LogP contribution in [0, 0.1) is 0 Å². The van der Waals surface area contributed by atoms with Crippen LogP contribution in [-0.2, 0) is 4.74 Å². The largest absolute Gasteiger partial charge is 0.491 e. The maximum absolute atomic E-state index is 5.64. The van der Waals surface area contributed by atoms with E-state index in [4.69, 9.17) is 16.3 Å². The van der Waals surface area contributed by atoms with Crippen LogP contribution in [-0.4, -0.2) is 24.7 Å². The Morgan fingerprint density at radius 3 is 3.27 bits per heavy atom. The van der Waals surface area contributed by atoms with Crippen molar-refractivity contribution in [2.24, 2.45) is 9.98 Å². The van der Waals surface area contributed by atoms with Gasteiger partial charge in [-0.3, -0.25) is 4.99 Å². The van der Waals surface area contributed by atoms with Gasteiger partial charge >= 0.3 is 0 Å². The Kier molecular flexibility index (Phi) is 3.11. The molecule has 0 atom stereocenters. The summed E-state index contributed by atoms with van der Waals surface area (Å²) < 4.78 is 5.19. The third-order valence-electron chi connectivity index (χ3n) is 1.18. The van der Waals surface area contributed by atoms with Crippen LogP contribution in [0.2, 0.25) is 0 Å². The second-order valence-corrected chi connectivity index (χ2v) is 2.53. The van der Waals surface area contributed by atoms with Crippen molar-refractivity contribution in [2.75, 3.05) is 13.2 Å². The molecule has 11 heavy (non-hydrogen) atoms. The molecular weight excluding hydrogens is 164 g/mol. The van der Waals surface area contributed by atoms with E-state index in [1.165, 1.54) is 6.34 Å². The zero-order chi connectivity index (χ0) is 8.10. The molecule has 0 unspecified atom stereocenters. The van der Waals surface area contributed by atoms with E-state index in [1.807, 2.05) is 13.0 Å². The summed E-state index contributed by atoms with van der Waals surface area (Å²) in [5.41, 5.74) is 0. The summed E-state index contributed by atoms with van der Waals surface area (Å²) in [6.07, 6.45) is 3.32. The first-order chi connectivity index (χ1) is 5.29. The number of ether oxygens (including phenoxy) is 1.